The van der Waals surface area contributed by atoms with Gasteiger partial charge in [-0.05, 0) is 39.0 Å². The third-order valence-corrected chi connectivity index (χ3v) is 4.39. The Balaban J connectivity index is 2.08. The maximum absolute atomic E-state index is 12.7. The number of anilines is 1. The molecule has 1 amide bonds. The molecule has 2 heterocycles. The summed E-state index contributed by atoms with van der Waals surface area (Å²) in [6, 6.07) is 4.92. The molecule has 0 saturated heterocycles. The van der Waals surface area contributed by atoms with E-state index < -0.39 is 11.3 Å². The van der Waals surface area contributed by atoms with Gasteiger partial charge in [0.25, 0.3) is 5.91 Å². The second-order valence-corrected chi connectivity index (χ2v) is 6.21. The molecule has 8 heteroatoms. The van der Waals surface area contributed by atoms with Crippen molar-refractivity contribution in [1.29, 1.82) is 0 Å². The summed E-state index contributed by atoms with van der Waals surface area (Å²) in [5.74, 6) is -0.565. The number of benzene rings is 1. The number of halogens is 1. The molecule has 0 unspecified atom stereocenters. The van der Waals surface area contributed by atoms with Crippen molar-refractivity contribution < 1.29 is 4.79 Å². The van der Waals surface area contributed by atoms with Gasteiger partial charge >= 0.3 is 0 Å². The van der Waals surface area contributed by atoms with Gasteiger partial charge in [-0.25, -0.2) is 0 Å². The zero-order chi connectivity index (χ0) is 18.3. The number of nitrogens with zero attached hydrogens (tertiary/aromatic N) is 4. The van der Waals surface area contributed by atoms with Crippen LogP contribution in [0.1, 0.15) is 28.8 Å². The zero-order valence-electron chi connectivity index (χ0n) is 14.4. The topological polar surface area (TPSA) is 81.8 Å². The van der Waals surface area contributed by atoms with Crippen molar-refractivity contribution in [2.75, 3.05) is 5.32 Å². The van der Waals surface area contributed by atoms with Crippen LogP contribution in [0.15, 0.2) is 23.0 Å². The number of nitrogens with one attached hydrogen (secondary N) is 1. The van der Waals surface area contributed by atoms with Gasteiger partial charge in [0.1, 0.15) is 0 Å². The van der Waals surface area contributed by atoms with Crippen LogP contribution in [0.4, 0.5) is 5.69 Å². The molecule has 0 aliphatic heterocycles. The summed E-state index contributed by atoms with van der Waals surface area (Å²) in [6.07, 6.45) is 0. The van der Waals surface area contributed by atoms with Gasteiger partial charge in [0.2, 0.25) is 5.43 Å². The Labute approximate surface area is 149 Å². The van der Waals surface area contributed by atoms with Gasteiger partial charge in [0.05, 0.1) is 28.0 Å². The number of carbonyl (C=O) groups excluding carboxylic acids is 1. The minimum Gasteiger partial charge on any atom is -0.317 e. The lowest BCUT2D eigenvalue weighted by atomic mass is 10.2. The van der Waals surface area contributed by atoms with Crippen molar-refractivity contribution in [1.82, 2.24) is 19.6 Å². The average Bonchev–Trinajstić information content (AvgIpc) is 2.85. The number of rotatable bonds is 3. The molecule has 0 fully saturated rings. The molecule has 0 saturated carbocycles. The number of carbonyl (C=O) groups is 1. The highest BCUT2D eigenvalue weighted by Crippen LogP contribution is 2.20. The largest absolute Gasteiger partial charge is 0.317 e. The van der Waals surface area contributed by atoms with Crippen LogP contribution in [0.2, 0.25) is 5.02 Å². The normalized spacial score (nSPS) is 11.1. The highest BCUT2D eigenvalue weighted by atomic mass is 35.5. The van der Waals surface area contributed by atoms with Gasteiger partial charge in [0, 0.05) is 18.6 Å². The highest BCUT2D eigenvalue weighted by Gasteiger charge is 2.20. The maximum Gasteiger partial charge on any atom is 0.280 e. The van der Waals surface area contributed by atoms with Crippen LogP contribution in [0.25, 0.3) is 10.9 Å². The van der Waals surface area contributed by atoms with E-state index in [0.717, 1.165) is 5.69 Å². The fourth-order valence-electron chi connectivity index (χ4n) is 2.86. The van der Waals surface area contributed by atoms with E-state index in [1.54, 1.807) is 36.9 Å². The quantitative estimate of drug-likeness (QED) is 0.779. The third kappa shape index (κ3) is 2.91. The van der Waals surface area contributed by atoms with Crippen LogP contribution in [-0.4, -0.2) is 25.5 Å². The van der Waals surface area contributed by atoms with Crippen LogP contribution in [0.5, 0.6) is 0 Å². The lowest BCUT2D eigenvalue weighted by Crippen LogP contribution is -2.26. The smallest absolute Gasteiger partial charge is 0.280 e. The van der Waals surface area contributed by atoms with E-state index in [1.165, 1.54) is 4.68 Å². The van der Waals surface area contributed by atoms with E-state index in [2.05, 4.69) is 15.5 Å². The lowest BCUT2D eigenvalue weighted by molar-refractivity contribution is 0.101. The molecule has 0 radical (unpaired) electrons. The molecule has 0 aliphatic carbocycles. The Hall–Kier alpha value is -2.67. The molecule has 25 heavy (non-hydrogen) atoms. The Morgan fingerprint density at radius 2 is 2.00 bits per heavy atom. The zero-order valence-corrected chi connectivity index (χ0v) is 15.2. The standard InChI is InChI=1S/C17H18ClN5O2/c1-5-23-10(3)14(9(2)20-23)19-17(25)15-16(24)12-8-11(18)6-7-13(12)22(4)21-15/h6-8H,5H2,1-4H3,(H,19,25). The predicted octanol–water partition coefficient (Wildman–Crippen LogP) is 2.67. The van der Waals surface area contributed by atoms with Crippen molar-refractivity contribution in [3.8, 4) is 0 Å². The van der Waals surface area contributed by atoms with Gasteiger partial charge < -0.3 is 5.32 Å². The predicted molar refractivity (Wildman–Crippen MR) is 97.3 cm³/mol. The van der Waals surface area contributed by atoms with E-state index in [-0.39, 0.29) is 5.69 Å². The monoisotopic (exact) mass is 359 g/mol. The summed E-state index contributed by atoms with van der Waals surface area (Å²) in [6.45, 7) is 6.33. The summed E-state index contributed by atoms with van der Waals surface area (Å²) in [7, 11) is 1.68. The molecule has 3 aromatic rings. The van der Waals surface area contributed by atoms with Gasteiger partial charge in [-0.15, -0.1) is 0 Å². The van der Waals surface area contributed by atoms with Crippen LogP contribution in [0.3, 0.4) is 0 Å². The number of hydrogen-bond donors (Lipinski definition) is 1. The molecule has 1 N–H and O–H groups in total. The molecule has 130 valence electrons. The molecule has 2 aromatic heterocycles. The fraction of sp³-hybridized carbons (Fsp3) is 0.294. The van der Waals surface area contributed by atoms with Crippen molar-refractivity contribution >= 4 is 34.1 Å². The van der Waals surface area contributed by atoms with Gasteiger partial charge in [0.15, 0.2) is 5.69 Å². The Bertz CT molecular complexity index is 1050. The van der Waals surface area contributed by atoms with Crippen molar-refractivity contribution in [3.05, 3.63) is 50.5 Å². The van der Waals surface area contributed by atoms with Gasteiger partial charge in [-0.1, -0.05) is 11.6 Å². The molecule has 0 atom stereocenters. The van der Waals surface area contributed by atoms with Crippen LogP contribution < -0.4 is 10.7 Å². The first kappa shape index (κ1) is 17.2. The number of hydrogen-bond acceptors (Lipinski definition) is 4. The molecular formula is C17H18ClN5O2. The van der Waals surface area contributed by atoms with Crippen molar-refractivity contribution in [2.24, 2.45) is 7.05 Å². The lowest BCUT2D eigenvalue weighted by Gasteiger charge is -2.09. The first-order chi connectivity index (χ1) is 11.8. The summed E-state index contributed by atoms with van der Waals surface area (Å²) in [5, 5.41) is 12.0. The molecule has 0 aliphatic rings. The SMILES string of the molecule is CCn1nc(C)c(NC(=O)c2nn(C)c3ccc(Cl)cc3c2=O)c1C. The summed E-state index contributed by atoms with van der Waals surface area (Å²) in [5.41, 5.74) is 2.09. The summed E-state index contributed by atoms with van der Waals surface area (Å²) in [4.78, 5) is 25.3. The van der Waals surface area contributed by atoms with Crippen LogP contribution in [-0.2, 0) is 13.6 Å². The summed E-state index contributed by atoms with van der Waals surface area (Å²) < 4.78 is 3.29. The van der Waals surface area contributed by atoms with E-state index >= 15 is 0 Å². The Kier molecular flexibility index (Phi) is 4.34. The highest BCUT2D eigenvalue weighted by molar-refractivity contribution is 6.31. The number of aromatic nitrogens is 4. The number of aryl methyl sites for hydroxylation is 3. The average molecular weight is 360 g/mol. The maximum atomic E-state index is 12.7. The third-order valence-electron chi connectivity index (χ3n) is 4.15. The first-order valence-corrected chi connectivity index (χ1v) is 8.23. The minimum atomic E-state index is -0.565. The first-order valence-electron chi connectivity index (χ1n) is 7.85. The van der Waals surface area contributed by atoms with E-state index in [9.17, 15) is 9.59 Å². The second-order valence-electron chi connectivity index (χ2n) is 5.78. The molecule has 1 aromatic carbocycles. The number of fused-ring (bicyclic) bond motifs is 1. The second kappa shape index (κ2) is 6.33. The fourth-order valence-corrected chi connectivity index (χ4v) is 3.03. The van der Waals surface area contributed by atoms with E-state index in [1.807, 2.05) is 13.8 Å². The van der Waals surface area contributed by atoms with E-state index in [4.69, 9.17) is 11.6 Å². The minimum absolute atomic E-state index is 0.180. The molecule has 0 bridgehead atoms. The Morgan fingerprint density at radius 1 is 1.28 bits per heavy atom. The van der Waals surface area contributed by atoms with Gasteiger partial charge in [-0.2, -0.15) is 10.2 Å². The molecule has 7 nitrogen and oxygen atoms in total. The number of amides is 1. The van der Waals surface area contributed by atoms with E-state index in [0.29, 0.717) is 33.9 Å². The molecule has 0 spiro atoms. The van der Waals surface area contributed by atoms with Crippen molar-refractivity contribution in [2.45, 2.75) is 27.3 Å². The van der Waals surface area contributed by atoms with Crippen LogP contribution >= 0.6 is 11.6 Å². The van der Waals surface area contributed by atoms with Crippen molar-refractivity contribution in [3.63, 3.8) is 0 Å². The molecular weight excluding hydrogens is 342 g/mol. The summed E-state index contributed by atoms with van der Waals surface area (Å²) >= 11 is 5.98. The van der Waals surface area contributed by atoms with Gasteiger partial charge in [-0.3, -0.25) is 19.0 Å². The van der Waals surface area contributed by atoms with Crippen LogP contribution in [0, 0.1) is 13.8 Å². The molecule has 3 rings (SSSR count). The Morgan fingerprint density at radius 3 is 2.64 bits per heavy atom.